The van der Waals surface area contributed by atoms with E-state index in [9.17, 15) is 4.79 Å². The van der Waals surface area contributed by atoms with Gasteiger partial charge in [-0.3, -0.25) is 9.69 Å². The van der Waals surface area contributed by atoms with E-state index in [0.29, 0.717) is 6.54 Å². The predicted molar refractivity (Wildman–Crippen MR) is 71.0 cm³/mol. The molecule has 1 rings (SSSR count). The highest BCUT2D eigenvalue weighted by atomic mass is 16.2. The van der Waals surface area contributed by atoms with Crippen LogP contribution in [0.1, 0.15) is 26.2 Å². The molecule has 17 heavy (non-hydrogen) atoms. The van der Waals surface area contributed by atoms with Crippen LogP contribution in [-0.2, 0) is 4.79 Å². The first-order valence-electron chi connectivity index (χ1n) is 6.76. The second-order valence-corrected chi connectivity index (χ2v) is 5.13. The molecule has 0 aromatic carbocycles. The number of amides is 1. The third kappa shape index (κ3) is 5.50. The maximum atomic E-state index is 11.7. The maximum Gasteiger partial charge on any atom is 0.236 e. The monoisotopic (exact) mass is 241 g/mol. The van der Waals surface area contributed by atoms with Crippen LogP contribution in [0.25, 0.3) is 0 Å². The molecule has 1 N–H and O–H groups in total. The molecule has 0 atom stereocenters. The second-order valence-electron chi connectivity index (χ2n) is 5.13. The zero-order valence-corrected chi connectivity index (χ0v) is 11.5. The number of hydrogen-bond acceptors (Lipinski definition) is 3. The van der Waals surface area contributed by atoms with Crippen LogP contribution in [0.15, 0.2) is 0 Å². The number of carbonyl (C=O) groups is 1. The minimum absolute atomic E-state index is 0.223. The second kappa shape index (κ2) is 7.67. The zero-order chi connectivity index (χ0) is 12.7. The molecule has 0 aromatic rings. The van der Waals surface area contributed by atoms with Crippen molar-refractivity contribution in [2.75, 3.05) is 46.8 Å². The molecule has 0 spiro atoms. The summed E-state index contributed by atoms with van der Waals surface area (Å²) in [5, 5.41) is 3.38. The summed E-state index contributed by atoms with van der Waals surface area (Å²) in [5.74, 6) is 1.07. The Kier molecular flexibility index (Phi) is 6.52. The molecule has 1 aliphatic rings. The molecular weight excluding hydrogens is 214 g/mol. The van der Waals surface area contributed by atoms with Crippen molar-refractivity contribution in [2.24, 2.45) is 5.92 Å². The molecule has 0 aliphatic carbocycles. The highest BCUT2D eigenvalue weighted by Gasteiger charge is 2.15. The van der Waals surface area contributed by atoms with Gasteiger partial charge in [0.25, 0.3) is 0 Å². The van der Waals surface area contributed by atoms with Gasteiger partial charge >= 0.3 is 0 Å². The third-order valence-corrected chi connectivity index (χ3v) is 3.68. The Bertz CT molecular complexity index is 227. The summed E-state index contributed by atoms with van der Waals surface area (Å²) in [5.41, 5.74) is 0. The van der Waals surface area contributed by atoms with Gasteiger partial charge in [-0.25, -0.2) is 0 Å². The number of nitrogens with one attached hydrogen (secondary N) is 1. The van der Waals surface area contributed by atoms with Crippen LogP contribution < -0.4 is 5.32 Å². The molecule has 0 bridgehead atoms. The van der Waals surface area contributed by atoms with Gasteiger partial charge in [-0.15, -0.1) is 0 Å². The van der Waals surface area contributed by atoms with Gasteiger partial charge in [-0.1, -0.05) is 0 Å². The average molecular weight is 241 g/mol. The summed E-state index contributed by atoms with van der Waals surface area (Å²) in [7, 11) is 3.91. The summed E-state index contributed by atoms with van der Waals surface area (Å²) < 4.78 is 0. The third-order valence-electron chi connectivity index (χ3n) is 3.68. The molecule has 100 valence electrons. The van der Waals surface area contributed by atoms with E-state index >= 15 is 0 Å². The van der Waals surface area contributed by atoms with Crippen molar-refractivity contribution in [3.05, 3.63) is 0 Å². The lowest BCUT2D eigenvalue weighted by Crippen LogP contribution is -2.37. The van der Waals surface area contributed by atoms with Gasteiger partial charge in [0, 0.05) is 13.6 Å². The predicted octanol–water partition coefficient (Wildman–Crippen LogP) is 0.786. The fourth-order valence-corrected chi connectivity index (χ4v) is 2.18. The molecule has 0 unspecified atom stereocenters. The molecule has 1 amide bonds. The van der Waals surface area contributed by atoms with E-state index < -0.39 is 0 Å². The number of hydrogen-bond donors (Lipinski definition) is 1. The van der Waals surface area contributed by atoms with Crippen molar-refractivity contribution in [3.63, 3.8) is 0 Å². The van der Waals surface area contributed by atoms with Crippen LogP contribution in [0.2, 0.25) is 0 Å². The summed E-state index contributed by atoms with van der Waals surface area (Å²) in [6.07, 6.45) is 3.80. The van der Waals surface area contributed by atoms with E-state index in [1.165, 1.54) is 19.3 Å². The minimum atomic E-state index is 0.223. The Morgan fingerprint density at radius 3 is 2.53 bits per heavy atom. The first-order valence-corrected chi connectivity index (χ1v) is 6.76. The Morgan fingerprint density at radius 1 is 1.29 bits per heavy atom. The Morgan fingerprint density at radius 2 is 1.94 bits per heavy atom. The van der Waals surface area contributed by atoms with Crippen LogP contribution in [0, 0.1) is 5.92 Å². The summed E-state index contributed by atoms with van der Waals surface area (Å²) in [6.45, 7) is 6.70. The first-order chi connectivity index (χ1) is 8.13. The summed E-state index contributed by atoms with van der Waals surface area (Å²) >= 11 is 0. The highest BCUT2D eigenvalue weighted by molar-refractivity contribution is 5.77. The molecule has 1 saturated heterocycles. The fraction of sp³-hybridized carbons (Fsp3) is 0.923. The number of carbonyl (C=O) groups excluding carboxylic acids is 1. The smallest absolute Gasteiger partial charge is 0.236 e. The number of piperidine rings is 1. The number of nitrogens with zero attached hydrogens (tertiary/aromatic N) is 2. The Balaban J connectivity index is 2.15. The van der Waals surface area contributed by atoms with Crippen LogP contribution in [0.5, 0.6) is 0 Å². The highest BCUT2D eigenvalue weighted by Crippen LogP contribution is 2.15. The minimum Gasteiger partial charge on any atom is -0.345 e. The quantitative estimate of drug-likeness (QED) is 0.747. The molecule has 1 aliphatic heterocycles. The van der Waals surface area contributed by atoms with Gasteiger partial charge in [-0.05, 0) is 58.8 Å². The standard InChI is InChI=1S/C13H27N3O/c1-4-16(3)13(17)11-15(2)10-7-12-5-8-14-9-6-12/h12,14H,4-11H2,1-3H3. The van der Waals surface area contributed by atoms with Crippen molar-refractivity contribution >= 4 is 5.91 Å². The molecule has 0 aromatic heterocycles. The van der Waals surface area contributed by atoms with Gasteiger partial charge in [0.1, 0.15) is 0 Å². The van der Waals surface area contributed by atoms with Crippen molar-refractivity contribution in [1.29, 1.82) is 0 Å². The summed E-state index contributed by atoms with van der Waals surface area (Å²) in [6, 6.07) is 0. The van der Waals surface area contributed by atoms with E-state index in [-0.39, 0.29) is 5.91 Å². The average Bonchev–Trinajstić information content (AvgIpc) is 2.36. The van der Waals surface area contributed by atoms with E-state index in [1.54, 1.807) is 4.90 Å². The normalized spacial score (nSPS) is 17.4. The Labute approximate surface area is 105 Å². The van der Waals surface area contributed by atoms with Crippen molar-refractivity contribution in [3.8, 4) is 0 Å². The topological polar surface area (TPSA) is 35.6 Å². The molecule has 1 fully saturated rings. The summed E-state index contributed by atoms with van der Waals surface area (Å²) in [4.78, 5) is 15.6. The van der Waals surface area contributed by atoms with Crippen LogP contribution >= 0.6 is 0 Å². The molecule has 0 saturated carbocycles. The largest absolute Gasteiger partial charge is 0.345 e. The van der Waals surface area contributed by atoms with Gasteiger partial charge < -0.3 is 10.2 Å². The van der Waals surface area contributed by atoms with Crippen LogP contribution in [0.3, 0.4) is 0 Å². The van der Waals surface area contributed by atoms with Gasteiger partial charge in [0.2, 0.25) is 5.91 Å². The number of rotatable bonds is 6. The number of likely N-dealkylation sites (N-methyl/N-ethyl adjacent to an activating group) is 2. The molecular formula is C13H27N3O. The first kappa shape index (κ1) is 14.5. The maximum absolute atomic E-state index is 11.7. The van der Waals surface area contributed by atoms with Crippen LogP contribution in [-0.4, -0.2) is 62.5 Å². The lowest BCUT2D eigenvalue weighted by Gasteiger charge is -2.25. The lowest BCUT2D eigenvalue weighted by atomic mass is 9.94. The van der Waals surface area contributed by atoms with Crippen molar-refractivity contribution < 1.29 is 4.79 Å². The Hall–Kier alpha value is -0.610. The van der Waals surface area contributed by atoms with E-state index in [2.05, 4.69) is 10.2 Å². The fourth-order valence-electron chi connectivity index (χ4n) is 2.18. The van der Waals surface area contributed by atoms with E-state index in [4.69, 9.17) is 0 Å². The van der Waals surface area contributed by atoms with Crippen molar-refractivity contribution in [1.82, 2.24) is 15.1 Å². The van der Waals surface area contributed by atoms with Crippen LogP contribution in [0.4, 0.5) is 0 Å². The van der Waals surface area contributed by atoms with Crippen molar-refractivity contribution in [2.45, 2.75) is 26.2 Å². The SMILES string of the molecule is CCN(C)C(=O)CN(C)CCC1CCNCC1. The van der Waals surface area contributed by atoms with Gasteiger partial charge in [0.05, 0.1) is 6.54 Å². The molecule has 4 nitrogen and oxygen atoms in total. The lowest BCUT2D eigenvalue weighted by molar-refractivity contribution is -0.130. The molecule has 1 heterocycles. The molecule has 0 radical (unpaired) electrons. The van der Waals surface area contributed by atoms with Gasteiger partial charge in [-0.2, -0.15) is 0 Å². The molecule has 4 heteroatoms. The van der Waals surface area contributed by atoms with E-state index in [0.717, 1.165) is 32.1 Å². The van der Waals surface area contributed by atoms with Gasteiger partial charge in [0.15, 0.2) is 0 Å². The zero-order valence-electron chi connectivity index (χ0n) is 11.5. The van der Waals surface area contributed by atoms with E-state index in [1.807, 2.05) is 21.0 Å².